The molecule has 1 aromatic rings. The molecule has 0 saturated carbocycles. The van der Waals surface area contributed by atoms with Gasteiger partial charge in [-0.2, -0.15) is 0 Å². The SMILES string of the molecule is CCNCCC(=O)N1CCc2cc(C(=O)O)ccc21. The van der Waals surface area contributed by atoms with Gasteiger partial charge in [-0.3, -0.25) is 4.79 Å². The van der Waals surface area contributed by atoms with Gasteiger partial charge in [0.05, 0.1) is 5.56 Å². The summed E-state index contributed by atoms with van der Waals surface area (Å²) in [6.45, 7) is 4.17. The number of nitrogens with zero attached hydrogens (tertiary/aromatic N) is 1. The van der Waals surface area contributed by atoms with Crippen LogP contribution in [-0.4, -0.2) is 36.6 Å². The van der Waals surface area contributed by atoms with E-state index in [4.69, 9.17) is 5.11 Å². The Bertz CT molecular complexity index is 499. The Hall–Kier alpha value is -1.88. The minimum Gasteiger partial charge on any atom is -0.478 e. The molecular formula is C14H18N2O3. The van der Waals surface area contributed by atoms with Crippen molar-refractivity contribution in [2.75, 3.05) is 24.5 Å². The van der Waals surface area contributed by atoms with Crippen LogP contribution in [0.2, 0.25) is 0 Å². The molecule has 0 spiro atoms. The molecule has 2 rings (SSSR count). The van der Waals surface area contributed by atoms with E-state index in [0.717, 1.165) is 24.2 Å². The molecule has 0 bridgehead atoms. The maximum atomic E-state index is 12.1. The zero-order valence-corrected chi connectivity index (χ0v) is 11.0. The fraction of sp³-hybridized carbons (Fsp3) is 0.429. The van der Waals surface area contributed by atoms with Gasteiger partial charge in [0.2, 0.25) is 5.91 Å². The highest BCUT2D eigenvalue weighted by atomic mass is 16.4. The lowest BCUT2D eigenvalue weighted by molar-refractivity contribution is -0.118. The molecule has 1 amide bonds. The lowest BCUT2D eigenvalue weighted by Gasteiger charge is -2.17. The van der Waals surface area contributed by atoms with Crippen LogP contribution < -0.4 is 10.2 Å². The molecule has 0 saturated heterocycles. The molecule has 2 N–H and O–H groups in total. The van der Waals surface area contributed by atoms with Crippen molar-refractivity contribution < 1.29 is 14.7 Å². The second-order valence-corrected chi connectivity index (χ2v) is 4.55. The molecule has 19 heavy (non-hydrogen) atoms. The van der Waals surface area contributed by atoms with Crippen LogP contribution in [0.5, 0.6) is 0 Å². The van der Waals surface area contributed by atoms with Gasteiger partial charge in [-0.15, -0.1) is 0 Å². The zero-order valence-electron chi connectivity index (χ0n) is 11.0. The fourth-order valence-electron chi connectivity index (χ4n) is 2.30. The number of carboxylic acid groups (broad SMARTS) is 1. The number of carbonyl (C=O) groups excluding carboxylic acids is 1. The Balaban J connectivity index is 2.09. The highest BCUT2D eigenvalue weighted by Gasteiger charge is 2.24. The second-order valence-electron chi connectivity index (χ2n) is 4.55. The minimum absolute atomic E-state index is 0.0859. The van der Waals surface area contributed by atoms with Crippen LogP contribution in [0.3, 0.4) is 0 Å². The minimum atomic E-state index is -0.931. The van der Waals surface area contributed by atoms with Crippen molar-refractivity contribution in [3.63, 3.8) is 0 Å². The van der Waals surface area contributed by atoms with E-state index in [9.17, 15) is 9.59 Å². The Morgan fingerprint density at radius 2 is 2.21 bits per heavy atom. The standard InChI is InChI=1S/C14H18N2O3/c1-2-15-7-5-13(17)16-8-6-10-9-11(14(18)19)3-4-12(10)16/h3-4,9,15H,2,5-8H2,1H3,(H,18,19). The Labute approximate surface area is 112 Å². The molecule has 5 heteroatoms. The number of benzene rings is 1. The van der Waals surface area contributed by atoms with Gasteiger partial charge >= 0.3 is 5.97 Å². The molecule has 0 radical (unpaired) electrons. The van der Waals surface area contributed by atoms with Crippen molar-refractivity contribution in [2.45, 2.75) is 19.8 Å². The van der Waals surface area contributed by atoms with E-state index in [1.165, 1.54) is 0 Å². The normalized spacial score (nSPS) is 13.4. The van der Waals surface area contributed by atoms with Crippen molar-refractivity contribution in [3.8, 4) is 0 Å². The predicted octanol–water partition coefficient (Wildman–Crippen LogP) is 1.27. The van der Waals surface area contributed by atoms with Crippen molar-refractivity contribution in [2.24, 2.45) is 0 Å². The third kappa shape index (κ3) is 2.93. The van der Waals surface area contributed by atoms with Gasteiger partial charge in [0, 0.05) is 25.2 Å². The van der Waals surface area contributed by atoms with Gasteiger partial charge < -0.3 is 15.3 Å². The Morgan fingerprint density at radius 3 is 2.89 bits per heavy atom. The molecular weight excluding hydrogens is 244 g/mol. The molecule has 0 fully saturated rings. The van der Waals surface area contributed by atoms with E-state index in [0.29, 0.717) is 19.5 Å². The number of nitrogens with one attached hydrogen (secondary N) is 1. The van der Waals surface area contributed by atoms with Gasteiger partial charge in [-0.1, -0.05) is 6.92 Å². The first-order valence-corrected chi connectivity index (χ1v) is 6.50. The van der Waals surface area contributed by atoms with Crippen LogP contribution in [0.15, 0.2) is 18.2 Å². The van der Waals surface area contributed by atoms with Crippen molar-refractivity contribution >= 4 is 17.6 Å². The largest absolute Gasteiger partial charge is 0.478 e. The van der Waals surface area contributed by atoms with Crippen LogP contribution in [0, 0.1) is 0 Å². The molecule has 1 heterocycles. The summed E-state index contributed by atoms with van der Waals surface area (Å²) < 4.78 is 0. The third-order valence-corrected chi connectivity index (χ3v) is 3.29. The van der Waals surface area contributed by atoms with Crippen LogP contribution in [-0.2, 0) is 11.2 Å². The van der Waals surface area contributed by atoms with Gasteiger partial charge in [0.25, 0.3) is 0 Å². The van der Waals surface area contributed by atoms with Crippen molar-refractivity contribution in [3.05, 3.63) is 29.3 Å². The predicted molar refractivity (Wildman–Crippen MR) is 72.6 cm³/mol. The summed E-state index contributed by atoms with van der Waals surface area (Å²) in [5.74, 6) is -0.845. The van der Waals surface area contributed by atoms with E-state index >= 15 is 0 Å². The number of aromatic carboxylic acids is 1. The van der Waals surface area contributed by atoms with E-state index in [-0.39, 0.29) is 11.5 Å². The summed E-state index contributed by atoms with van der Waals surface area (Å²) in [6, 6.07) is 4.95. The number of carbonyl (C=O) groups is 2. The first kappa shape index (κ1) is 13.5. The number of rotatable bonds is 5. The molecule has 0 atom stereocenters. The Kier molecular flexibility index (Phi) is 4.16. The summed E-state index contributed by atoms with van der Waals surface area (Å²) in [4.78, 5) is 24.7. The lowest BCUT2D eigenvalue weighted by atomic mass is 10.1. The second kappa shape index (κ2) is 5.84. The van der Waals surface area contributed by atoms with Gasteiger partial charge in [0.15, 0.2) is 0 Å². The highest BCUT2D eigenvalue weighted by Crippen LogP contribution is 2.29. The molecule has 0 aromatic heterocycles. The number of hydrogen-bond acceptors (Lipinski definition) is 3. The number of hydrogen-bond donors (Lipinski definition) is 2. The highest BCUT2D eigenvalue weighted by molar-refractivity contribution is 5.97. The van der Waals surface area contributed by atoms with Gasteiger partial charge in [-0.05, 0) is 36.7 Å². The molecule has 102 valence electrons. The van der Waals surface area contributed by atoms with Crippen LogP contribution in [0.1, 0.15) is 29.3 Å². The molecule has 1 aliphatic heterocycles. The Morgan fingerprint density at radius 1 is 1.42 bits per heavy atom. The lowest BCUT2D eigenvalue weighted by Crippen LogP contribution is -2.31. The van der Waals surface area contributed by atoms with Crippen molar-refractivity contribution in [1.82, 2.24) is 5.32 Å². The van der Waals surface area contributed by atoms with E-state index in [2.05, 4.69) is 5.32 Å². The number of anilines is 1. The monoisotopic (exact) mass is 262 g/mol. The number of fused-ring (bicyclic) bond motifs is 1. The van der Waals surface area contributed by atoms with Crippen LogP contribution in [0.4, 0.5) is 5.69 Å². The summed E-state index contributed by atoms with van der Waals surface area (Å²) >= 11 is 0. The topological polar surface area (TPSA) is 69.6 Å². The van der Waals surface area contributed by atoms with Crippen molar-refractivity contribution in [1.29, 1.82) is 0 Å². The molecule has 5 nitrogen and oxygen atoms in total. The summed E-state index contributed by atoms with van der Waals surface area (Å²) in [7, 11) is 0. The zero-order chi connectivity index (χ0) is 13.8. The molecule has 0 aliphatic carbocycles. The summed E-state index contributed by atoms with van der Waals surface area (Å²) in [6.07, 6.45) is 1.19. The van der Waals surface area contributed by atoms with E-state index in [1.54, 1.807) is 23.1 Å². The summed E-state index contributed by atoms with van der Waals surface area (Å²) in [5, 5.41) is 12.1. The molecule has 0 unspecified atom stereocenters. The maximum absolute atomic E-state index is 12.1. The number of amides is 1. The first-order chi connectivity index (χ1) is 9.13. The summed E-state index contributed by atoms with van der Waals surface area (Å²) in [5.41, 5.74) is 2.07. The smallest absolute Gasteiger partial charge is 0.335 e. The third-order valence-electron chi connectivity index (χ3n) is 3.29. The van der Waals surface area contributed by atoms with Gasteiger partial charge in [-0.25, -0.2) is 4.79 Å². The number of carboxylic acids is 1. The quantitative estimate of drug-likeness (QED) is 0.784. The molecule has 1 aliphatic rings. The van der Waals surface area contributed by atoms with Crippen LogP contribution >= 0.6 is 0 Å². The fourth-order valence-corrected chi connectivity index (χ4v) is 2.30. The van der Waals surface area contributed by atoms with Gasteiger partial charge in [0.1, 0.15) is 0 Å². The average Bonchev–Trinajstić information content (AvgIpc) is 2.81. The first-order valence-electron chi connectivity index (χ1n) is 6.50. The van der Waals surface area contributed by atoms with E-state index < -0.39 is 5.97 Å². The van der Waals surface area contributed by atoms with Crippen LogP contribution in [0.25, 0.3) is 0 Å². The van der Waals surface area contributed by atoms with E-state index in [1.807, 2.05) is 6.92 Å². The molecule has 1 aromatic carbocycles. The average molecular weight is 262 g/mol. The maximum Gasteiger partial charge on any atom is 0.335 e.